The van der Waals surface area contributed by atoms with E-state index in [9.17, 15) is 0 Å². The van der Waals surface area contributed by atoms with Crippen LogP contribution in [0, 0.1) is 0 Å². The fourth-order valence-electron chi connectivity index (χ4n) is 20.1. The summed E-state index contributed by atoms with van der Waals surface area (Å²) in [6.45, 7) is 0. The standard InChI is InChI=1S/2C56H34N2/c1-2-11-40(12-3-1)57-52-19-8-6-15-45(52)50-33-37(24-29-54(50)57)38-25-30-55-51(34-38)46-16-7-9-20-53(46)58(55)41-26-23-35-31-39(22-21-36(35)32-41)42-27-28-49-44-14-5-4-13-43(44)48-18-10-17-47(42)56(48)49;1-2-11-40(12-3-1)57-52-19-8-6-15-45(52)50-33-36(24-29-54(50)57)37-25-30-55-51(34-37)46-16-7-9-20-53(46)58(55)41-26-23-35-21-22-38(31-39(35)32-41)42-27-28-49-44-14-5-4-13-43(44)48-18-10-17-47(42)56(48)49/h2*1-34H. The summed E-state index contributed by atoms with van der Waals surface area (Å²) < 4.78 is 9.62. The van der Waals surface area contributed by atoms with E-state index in [-0.39, 0.29) is 0 Å². The summed E-state index contributed by atoms with van der Waals surface area (Å²) in [5, 5.41) is 20.3. The molecule has 0 spiro atoms. The first kappa shape index (κ1) is 64.3. The van der Waals surface area contributed by atoms with Crippen LogP contribution in [0.2, 0.25) is 0 Å². The molecule has 4 heterocycles. The van der Waals surface area contributed by atoms with Crippen LogP contribution in [-0.4, -0.2) is 18.3 Å². The van der Waals surface area contributed by atoms with E-state index in [1.807, 2.05) is 0 Å². The maximum absolute atomic E-state index is 2.44. The van der Waals surface area contributed by atoms with Gasteiger partial charge in [0.05, 0.1) is 44.1 Å². The van der Waals surface area contributed by atoms with Gasteiger partial charge in [-0.2, -0.15) is 0 Å². The van der Waals surface area contributed by atoms with Crippen LogP contribution >= 0.6 is 0 Å². The van der Waals surface area contributed by atoms with Gasteiger partial charge in [-0.15, -0.1) is 0 Å². The predicted molar refractivity (Wildman–Crippen MR) is 491 cm³/mol. The average Bonchev–Trinajstić information content (AvgIpc) is 1.58. The first-order chi connectivity index (χ1) is 57.5. The van der Waals surface area contributed by atoms with Crippen molar-refractivity contribution in [3.8, 4) is 112 Å². The number of benzene rings is 20. The molecule has 0 amide bonds. The van der Waals surface area contributed by atoms with Gasteiger partial charge in [-0.1, -0.05) is 279 Å². The number of hydrogen-bond acceptors (Lipinski definition) is 0. The Balaban J connectivity index is 0.000000130. The summed E-state index contributed by atoms with van der Waals surface area (Å²) in [6.07, 6.45) is 0. The van der Waals surface area contributed by atoms with E-state index in [1.165, 1.54) is 231 Å². The fourth-order valence-corrected chi connectivity index (χ4v) is 20.1. The van der Waals surface area contributed by atoms with E-state index in [4.69, 9.17) is 0 Å². The zero-order valence-electron chi connectivity index (χ0n) is 63.0. The maximum Gasteiger partial charge on any atom is 0.0541 e. The lowest BCUT2D eigenvalue weighted by Gasteiger charge is -2.13. The number of aromatic nitrogens is 4. The minimum Gasteiger partial charge on any atom is -0.309 e. The quantitative estimate of drug-likeness (QED) is 0.144. The number of nitrogens with zero attached hydrogens (tertiary/aromatic N) is 4. The van der Waals surface area contributed by atoms with Crippen molar-refractivity contribution in [2.45, 2.75) is 0 Å². The van der Waals surface area contributed by atoms with Gasteiger partial charge in [0.25, 0.3) is 0 Å². The second-order valence-electron chi connectivity index (χ2n) is 31.4. The van der Waals surface area contributed by atoms with E-state index in [0.717, 1.165) is 11.4 Å². The Hall–Kier alpha value is -15.4. The van der Waals surface area contributed by atoms with Gasteiger partial charge >= 0.3 is 0 Å². The topological polar surface area (TPSA) is 19.7 Å². The molecule has 2 aliphatic rings. The molecule has 4 heteroatoms. The van der Waals surface area contributed by atoms with Crippen LogP contribution in [0.5, 0.6) is 0 Å². The molecule has 0 atom stereocenters. The lowest BCUT2D eigenvalue weighted by Crippen LogP contribution is -1.94. The molecular formula is C112H68N4. The van der Waals surface area contributed by atoms with Gasteiger partial charge in [-0.05, 0) is 266 Å². The lowest BCUT2D eigenvalue weighted by molar-refractivity contribution is 1.18. The van der Waals surface area contributed by atoms with Gasteiger partial charge in [0.15, 0.2) is 0 Å². The Labute approximate surface area is 668 Å². The van der Waals surface area contributed by atoms with Crippen molar-refractivity contribution >= 4 is 130 Å². The van der Waals surface area contributed by atoms with E-state index < -0.39 is 0 Å². The monoisotopic (exact) mass is 1470 g/mol. The zero-order valence-corrected chi connectivity index (χ0v) is 63.0. The summed E-state index contributed by atoms with van der Waals surface area (Å²) in [4.78, 5) is 0. The van der Waals surface area contributed by atoms with E-state index in [0.29, 0.717) is 0 Å². The lowest BCUT2D eigenvalue weighted by atomic mass is 9.93. The molecule has 0 bridgehead atoms. The molecule has 4 nitrogen and oxygen atoms in total. The largest absolute Gasteiger partial charge is 0.309 e. The van der Waals surface area contributed by atoms with Gasteiger partial charge in [-0.25, -0.2) is 0 Å². The van der Waals surface area contributed by atoms with Crippen LogP contribution in [0.1, 0.15) is 0 Å². The molecule has 0 saturated carbocycles. The average molecular weight is 1470 g/mol. The highest BCUT2D eigenvalue weighted by Crippen LogP contribution is 2.52. The molecule has 0 N–H and O–H groups in total. The van der Waals surface area contributed by atoms with Gasteiger partial charge < -0.3 is 18.3 Å². The molecule has 0 unspecified atom stereocenters. The second-order valence-corrected chi connectivity index (χ2v) is 31.4. The van der Waals surface area contributed by atoms with Crippen LogP contribution in [0.4, 0.5) is 0 Å². The van der Waals surface area contributed by atoms with Gasteiger partial charge in [0.1, 0.15) is 0 Å². The van der Waals surface area contributed by atoms with Crippen molar-refractivity contribution in [3.63, 3.8) is 0 Å². The SMILES string of the molecule is c1ccc(-n2c3ccccc3c3cc(-c4ccc5c(c4)c4ccccc4n5-c4ccc5cc(-c6ccc7c8c(cccc68)-c6ccccc6-7)ccc5c4)ccc32)cc1.c1ccc(-n2c3ccccc3c3cc(-c4ccc5c(c4)c4ccccc4n5-c4ccc5ccc(-c6ccc7c8c(cccc68)-c6ccccc6-7)cc5c4)ccc32)cc1. The number of para-hydroxylation sites is 6. The molecule has 116 heavy (non-hydrogen) atoms. The van der Waals surface area contributed by atoms with Crippen LogP contribution in [0.25, 0.3) is 242 Å². The molecule has 26 rings (SSSR count). The third kappa shape index (κ3) is 9.62. The normalized spacial score (nSPS) is 12.1. The third-order valence-electron chi connectivity index (χ3n) is 25.3. The van der Waals surface area contributed by atoms with Crippen molar-refractivity contribution < 1.29 is 0 Å². The van der Waals surface area contributed by atoms with Crippen LogP contribution < -0.4 is 0 Å². The second kappa shape index (κ2) is 25.1. The summed E-state index contributed by atoms with van der Waals surface area (Å²) in [5.74, 6) is 0. The summed E-state index contributed by atoms with van der Waals surface area (Å²) in [7, 11) is 0. The first-order valence-corrected chi connectivity index (χ1v) is 40.2. The molecule has 20 aromatic carbocycles. The van der Waals surface area contributed by atoms with E-state index in [2.05, 4.69) is 431 Å². The van der Waals surface area contributed by atoms with Crippen LogP contribution in [0.15, 0.2) is 413 Å². The van der Waals surface area contributed by atoms with Crippen molar-refractivity contribution in [3.05, 3.63) is 413 Å². The number of rotatable bonds is 8. The molecule has 4 aromatic heterocycles. The molecule has 0 radical (unpaired) electrons. The first-order valence-electron chi connectivity index (χ1n) is 40.2. The van der Waals surface area contributed by atoms with Gasteiger partial charge in [0, 0.05) is 65.8 Å². The number of fused-ring (bicyclic) bond motifs is 20. The zero-order chi connectivity index (χ0) is 75.8. The molecule has 0 fully saturated rings. The smallest absolute Gasteiger partial charge is 0.0541 e. The molecule has 2 aliphatic carbocycles. The molecule has 536 valence electrons. The Morgan fingerprint density at radius 3 is 0.793 bits per heavy atom. The Bertz CT molecular complexity index is 8270. The minimum atomic E-state index is 1.16. The van der Waals surface area contributed by atoms with Crippen molar-refractivity contribution in [2.75, 3.05) is 0 Å². The Morgan fingerprint density at radius 1 is 0.121 bits per heavy atom. The van der Waals surface area contributed by atoms with Gasteiger partial charge in [-0.3, -0.25) is 0 Å². The Kier molecular flexibility index (Phi) is 13.9. The maximum atomic E-state index is 2.44. The van der Waals surface area contributed by atoms with Crippen LogP contribution in [-0.2, 0) is 0 Å². The van der Waals surface area contributed by atoms with Gasteiger partial charge in [0.2, 0.25) is 0 Å². The van der Waals surface area contributed by atoms with E-state index in [1.54, 1.807) is 0 Å². The Morgan fingerprint density at radius 2 is 0.388 bits per heavy atom. The highest BCUT2D eigenvalue weighted by atomic mass is 15.0. The highest BCUT2D eigenvalue weighted by Gasteiger charge is 2.26. The van der Waals surface area contributed by atoms with Crippen LogP contribution in [0.3, 0.4) is 0 Å². The predicted octanol–water partition coefficient (Wildman–Crippen LogP) is 30.3. The fraction of sp³-hybridized carbons (Fsp3) is 0. The van der Waals surface area contributed by atoms with Crippen molar-refractivity contribution in [1.82, 2.24) is 18.3 Å². The molecule has 0 aliphatic heterocycles. The molecule has 0 saturated heterocycles. The summed E-state index contributed by atoms with van der Waals surface area (Å²) in [6, 6.07) is 152. The number of hydrogen-bond donors (Lipinski definition) is 0. The summed E-state index contributed by atoms with van der Waals surface area (Å²) >= 11 is 0. The van der Waals surface area contributed by atoms with E-state index >= 15 is 0 Å². The van der Waals surface area contributed by atoms with Crippen molar-refractivity contribution in [2.24, 2.45) is 0 Å². The summed E-state index contributed by atoms with van der Waals surface area (Å²) in [5.41, 5.74) is 34.9. The molecular weight excluding hydrogens is 1400 g/mol. The molecule has 24 aromatic rings. The minimum absolute atomic E-state index is 1.16. The van der Waals surface area contributed by atoms with Crippen molar-refractivity contribution in [1.29, 1.82) is 0 Å². The third-order valence-corrected chi connectivity index (χ3v) is 25.3. The highest BCUT2D eigenvalue weighted by molar-refractivity contribution is 6.22.